The van der Waals surface area contributed by atoms with Crippen LogP contribution in [0.2, 0.25) is 0 Å². The average molecular weight is 373 g/mol. The minimum Gasteiger partial charge on any atom is -0.504 e. The number of methoxy groups -OCH3 is 2. The third-order valence-electron chi connectivity index (χ3n) is 3.46. The van der Waals surface area contributed by atoms with Crippen LogP contribution in [-0.4, -0.2) is 49.0 Å². The third kappa shape index (κ3) is 5.36. The van der Waals surface area contributed by atoms with Gasteiger partial charge >= 0.3 is 0 Å². The molecule has 142 valence electrons. The lowest BCUT2D eigenvalue weighted by molar-refractivity contribution is -0.120. The van der Waals surface area contributed by atoms with Crippen LogP contribution in [0.4, 0.5) is 0 Å². The van der Waals surface area contributed by atoms with E-state index in [0.717, 1.165) is 0 Å². The molecule has 2 amide bonds. The van der Waals surface area contributed by atoms with Crippen molar-refractivity contribution >= 4 is 18.0 Å². The van der Waals surface area contributed by atoms with Crippen molar-refractivity contribution in [3.63, 3.8) is 0 Å². The van der Waals surface area contributed by atoms with Gasteiger partial charge in [0.25, 0.3) is 11.8 Å². The summed E-state index contributed by atoms with van der Waals surface area (Å²) in [7, 11) is 2.95. The number of carbonyl (C=O) groups is 2. The Morgan fingerprint density at radius 1 is 1.04 bits per heavy atom. The fraction of sp³-hybridized carbons (Fsp3) is 0.167. The van der Waals surface area contributed by atoms with Gasteiger partial charge in [-0.15, -0.1) is 0 Å². The molecule has 0 bridgehead atoms. The van der Waals surface area contributed by atoms with E-state index in [1.165, 1.54) is 44.7 Å². The molecule has 0 saturated carbocycles. The zero-order valence-electron chi connectivity index (χ0n) is 14.7. The first kappa shape index (κ1) is 19.6. The van der Waals surface area contributed by atoms with E-state index in [-0.39, 0.29) is 18.0 Å². The minimum atomic E-state index is -0.539. The third-order valence-corrected chi connectivity index (χ3v) is 3.46. The van der Waals surface area contributed by atoms with Gasteiger partial charge in [-0.25, -0.2) is 5.43 Å². The van der Waals surface area contributed by atoms with Crippen molar-refractivity contribution in [2.24, 2.45) is 5.10 Å². The lowest BCUT2D eigenvalue weighted by Crippen LogP contribution is -2.34. The van der Waals surface area contributed by atoms with Crippen molar-refractivity contribution in [1.29, 1.82) is 0 Å². The van der Waals surface area contributed by atoms with Gasteiger partial charge in [0.05, 0.1) is 27.0 Å². The largest absolute Gasteiger partial charge is 0.504 e. The van der Waals surface area contributed by atoms with Gasteiger partial charge in [0, 0.05) is 5.56 Å². The summed E-state index contributed by atoms with van der Waals surface area (Å²) in [5, 5.41) is 24.8. The molecule has 0 aliphatic carbocycles. The molecule has 4 N–H and O–H groups in total. The maximum absolute atomic E-state index is 12.1. The molecule has 27 heavy (non-hydrogen) atoms. The second-order valence-electron chi connectivity index (χ2n) is 5.29. The molecule has 2 rings (SSSR count). The Hall–Kier alpha value is -3.75. The molecule has 0 saturated heterocycles. The number of hydrazone groups is 1. The van der Waals surface area contributed by atoms with E-state index in [1.54, 1.807) is 12.1 Å². The Morgan fingerprint density at radius 2 is 1.78 bits per heavy atom. The number of carbonyl (C=O) groups excluding carboxylic acids is 2. The highest BCUT2D eigenvalue weighted by Gasteiger charge is 2.11. The average Bonchev–Trinajstić information content (AvgIpc) is 2.68. The van der Waals surface area contributed by atoms with Crippen LogP contribution in [0.1, 0.15) is 15.9 Å². The molecular formula is C18H19N3O6. The minimum absolute atomic E-state index is 0.255. The summed E-state index contributed by atoms with van der Waals surface area (Å²) in [6.45, 7) is -0.286. The number of hydrogen-bond acceptors (Lipinski definition) is 7. The lowest BCUT2D eigenvalue weighted by atomic mass is 10.2. The van der Waals surface area contributed by atoms with Crippen LogP contribution in [0, 0.1) is 0 Å². The van der Waals surface area contributed by atoms with E-state index >= 15 is 0 Å². The molecule has 2 aromatic carbocycles. The smallest absolute Gasteiger partial charge is 0.259 e. The maximum atomic E-state index is 12.1. The second-order valence-corrected chi connectivity index (χ2v) is 5.29. The first-order chi connectivity index (χ1) is 12.9. The highest BCUT2D eigenvalue weighted by molar-refractivity contribution is 5.97. The van der Waals surface area contributed by atoms with Crippen molar-refractivity contribution < 1.29 is 29.3 Å². The molecular weight excluding hydrogens is 354 g/mol. The van der Waals surface area contributed by atoms with Gasteiger partial charge in [-0.2, -0.15) is 5.10 Å². The molecule has 0 aromatic heterocycles. The number of nitrogens with one attached hydrogen (secondary N) is 2. The molecule has 2 aromatic rings. The SMILES string of the molecule is COc1ccc(C(=O)NCC(=O)N/N=C\c2ccc(O)c(O)c2)cc1OC. The number of benzene rings is 2. The van der Waals surface area contributed by atoms with Gasteiger partial charge in [-0.3, -0.25) is 9.59 Å². The molecule has 9 heteroatoms. The highest BCUT2D eigenvalue weighted by Crippen LogP contribution is 2.27. The Morgan fingerprint density at radius 3 is 2.44 bits per heavy atom. The number of hydrogen-bond donors (Lipinski definition) is 4. The van der Waals surface area contributed by atoms with E-state index in [1.807, 2.05) is 0 Å². The van der Waals surface area contributed by atoms with Crippen LogP contribution < -0.4 is 20.2 Å². The Kier molecular flexibility index (Phi) is 6.59. The molecule has 0 radical (unpaired) electrons. The summed E-state index contributed by atoms with van der Waals surface area (Å²) in [6.07, 6.45) is 1.28. The van der Waals surface area contributed by atoms with E-state index < -0.39 is 11.8 Å². The molecule has 0 heterocycles. The van der Waals surface area contributed by atoms with Crippen LogP contribution in [-0.2, 0) is 4.79 Å². The van der Waals surface area contributed by atoms with Crippen LogP contribution in [0.3, 0.4) is 0 Å². The molecule has 9 nitrogen and oxygen atoms in total. The van der Waals surface area contributed by atoms with Gasteiger partial charge in [0.2, 0.25) is 0 Å². The van der Waals surface area contributed by atoms with Crippen LogP contribution in [0.25, 0.3) is 0 Å². The van der Waals surface area contributed by atoms with E-state index in [4.69, 9.17) is 9.47 Å². The number of nitrogens with zero attached hydrogens (tertiary/aromatic N) is 1. The van der Waals surface area contributed by atoms with E-state index in [2.05, 4.69) is 15.8 Å². The fourth-order valence-electron chi connectivity index (χ4n) is 2.08. The molecule has 0 atom stereocenters. The van der Waals surface area contributed by atoms with Crippen molar-refractivity contribution in [2.45, 2.75) is 0 Å². The second kappa shape index (κ2) is 9.09. The summed E-state index contributed by atoms with van der Waals surface area (Å²) in [5.41, 5.74) is 3.02. The number of rotatable bonds is 7. The van der Waals surface area contributed by atoms with Gasteiger partial charge in [0.15, 0.2) is 23.0 Å². The Balaban J connectivity index is 1.86. The summed E-state index contributed by atoms with van der Waals surface area (Å²) >= 11 is 0. The summed E-state index contributed by atoms with van der Waals surface area (Å²) < 4.78 is 10.2. The zero-order chi connectivity index (χ0) is 19.8. The normalized spacial score (nSPS) is 10.4. The highest BCUT2D eigenvalue weighted by atomic mass is 16.5. The van der Waals surface area contributed by atoms with Crippen molar-refractivity contribution in [3.05, 3.63) is 47.5 Å². The molecule has 0 aliphatic rings. The molecule has 0 spiro atoms. The first-order valence-electron chi connectivity index (χ1n) is 7.78. The number of phenols is 2. The summed E-state index contributed by atoms with van der Waals surface area (Å²) in [6, 6.07) is 8.71. The Bertz CT molecular complexity index is 866. The first-order valence-corrected chi connectivity index (χ1v) is 7.78. The van der Waals surface area contributed by atoms with E-state index in [0.29, 0.717) is 22.6 Å². The van der Waals surface area contributed by atoms with Crippen LogP contribution >= 0.6 is 0 Å². The molecule has 0 unspecified atom stereocenters. The number of aromatic hydroxyl groups is 2. The monoisotopic (exact) mass is 373 g/mol. The number of phenolic OH excluding ortho intramolecular Hbond substituents is 2. The lowest BCUT2D eigenvalue weighted by Gasteiger charge is -2.09. The van der Waals surface area contributed by atoms with Crippen LogP contribution in [0.5, 0.6) is 23.0 Å². The van der Waals surface area contributed by atoms with Gasteiger partial charge in [-0.05, 0) is 42.0 Å². The summed E-state index contributed by atoms with van der Waals surface area (Å²) in [4.78, 5) is 23.8. The predicted molar refractivity (Wildman–Crippen MR) is 97.4 cm³/mol. The quantitative estimate of drug-likeness (QED) is 0.325. The maximum Gasteiger partial charge on any atom is 0.259 e. The van der Waals surface area contributed by atoms with Gasteiger partial charge in [-0.1, -0.05) is 0 Å². The standard InChI is InChI=1S/C18H19N3O6/c1-26-15-6-4-12(8-16(15)27-2)18(25)19-10-17(24)21-20-9-11-3-5-13(22)14(23)7-11/h3-9,22-23H,10H2,1-2H3,(H,19,25)(H,21,24)/b20-9-. The van der Waals surface area contributed by atoms with Crippen LogP contribution in [0.15, 0.2) is 41.5 Å². The number of amides is 2. The van der Waals surface area contributed by atoms with Crippen molar-refractivity contribution in [3.8, 4) is 23.0 Å². The number of ether oxygens (including phenoxy) is 2. The Labute approximate surface area is 155 Å². The van der Waals surface area contributed by atoms with Crippen molar-refractivity contribution in [1.82, 2.24) is 10.7 Å². The fourth-order valence-corrected chi connectivity index (χ4v) is 2.08. The van der Waals surface area contributed by atoms with Crippen molar-refractivity contribution in [2.75, 3.05) is 20.8 Å². The van der Waals surface area contributed by atoms with Gasteiger partial charge in [0.1, 0.15) is 0 Å². The van der Waals surface area contributed by atoms with Gasteiger partial charge < -0.3 is 25.0 Å². The topological polar surface area (TPSA) is 129 Å². The molecule has 0 fully saturated rings. The van der Waals surface area contributed by atoms with E-state index in [9.17, 15) is 19.8 Å². The zero-order valence-corrected chi connectivity index (χ0v) is 14.7. The summed E-state index contributed by atoms with van der Waals surface area (Å²) in [5.74, 6) is -0.666. The predicted octanol–water partition coefficient (Wildman–Crippen LogP) is 0.995. The molecule has 0 aliphatic heterocycles.